The van der Waals surface area contributed by atoms with Crippen molar-refractivity contribution < 1.29 is 0 Å². The van der Waals surface area contributed by atoms with Gasteiger partial charge in [-0.15, -0.1) is 0 Å². The number of thioether (sulfide) groups is 1. The zero-order valence-electron chi connectivity index (χ0n) is 18.6. The van der Waals surface area contributed by atoms with Crippen molar-refractivity contribution in [2.75, 3.05) is 6.54 Å². The van der Waals surface area contributed by atoms with Crippen LogP contribution in [0.1, 0.15) is 41.7 Å². The normalized spacial score (nSPS) is 22.4. The third-order valence-corrected chi connectivity index (χ3v) is 7.78. The number of pyridine rings is 1. The Balaban J connectivity index is 1.51. The molecule has 0 spiro atoms. The highest BCUT2D eigenvalue weighted by atomic mass is 32.2. The number of aliphatic imine (C=N–C) groups is 1. The van der Waals surface area contributed by atoms with Gasteiger partial charge in [-0.2, -0.15) is 0 Å². The molecule has 3 atom stereocenters. The largest absolute Gasteiger partial charge is 0.341 e. The van der Waals surface area contributed by atoms with Gasteiger partial charge >= 0.3 is 0 Å². The fourth-order valence-corrected chi connectivity index (χ4v) is 6.41. The molecule has 1 saturated heterocycles. The first-order chi connectivity index (χ1) is 15.6. The van der Waals surface area contributed by atoms with Crippen molar-refractivity contribution in [3.8, 4) is 5.69 Å². The van der Waals surface area contributed by atoms with Crippen molar-refractivity contribution in [2.45, 2.75) is 38.1 Å². The molecule has 4 heterocycles. The Kier molecular flexibility index (Phi) is 4.61. The predicted octanol–water partition coefficient (Wildman–Crippen LogP) is 6.23. The van der Waals surface area contributed by atoms with E-state index < -0.39 is 0 Å². The topological polar surface area (TPSA) is 33.4 Å². The SMILES string of the molecule is Cc1cc([C@@H]2[C@H](c3ccccn3)N=C3S[C@@H](C)CN32)c(C)n1-c1cccc2ccccc12. The lowest BCUT2D eigenvalue weighted by atomic mass is 9.96. The fourth-order valence-electron chi connectivity index (χ4n) is 5.31. The van der Waals surface area contributed by atoms with E-state index >= 15 is 0 Å². The summed E-state index contributed by atoms with van der Waals surface area (Å²) >= 11 is 1.89. The first kappa shape index (κ1) is 19.6. The van der Waals surface area contributed by atoms with Crippen molar-refractivity contribution in [1.29, 1.82) is 0 Å². The molecule has 0 unspecified atom stereocenters. The summed E-state index contributed by atoms with van der Waals surface area (Å²) in [7, 11) is 0. The number of aryl methyl sites for hydroxylation is 1. The zero-order valence-corrected chi connectivity index (χ0v) is 19.4. The first-order valence-corrected chi connectivity index (χ1v) is 12.1. The molecule has 32 heavy (non-hydrogen) atoms. The number of benzene rings is 2. The smallest absolute Gasteiger partial charge is 0.160 e. The van der Waals surface area contributed by atoms with Crippen LogP contribution in [0.4, 0.5) is 0 Å². The maximum atomic E-state index is 5.17. The lowest BCUT2D eigenvalue weighted by Crippen LogP contribution is -2.28. The van der Waals surface area contributed by atoms with E-state index in [1.807, 2.05) is 24.0 Å². The van der Waals surface area contributed by atoms with E-state index in [-0.39, 0.29) is 12.1 Å². The van der Waals surface area contributed by atoms with E-state index in [2.05, 4.69) is 90.9 Å². The van der Waals surface area contributed by atoms with Crippen LogP contribution in [0.15, 0.2) is 77.9 Å². The second kappa shape index (κ2) is 7.52. The molecule has 2 aromatic carbocycles. The van der Waals surface area contributed by atoms with E-state index in [0.29, 0.717) is 5.25 Å². The molecule has 0 aliphatic carbocycles. The Morgan fingerprint density at radius 2 is 1.78 bits per heavy atom. The summed E-state index contributed by atoms with van der Waals surface area (Å²) in [4.78, 5) is 12.4. The molecule has 5 heteroatoms. The second-order valence-corrected chi connectivity index (χ2v) is 10.2. The summed E-state index contributed by atoms with van der Waals surface area (Å²) in [6, 6.07) is 23.9. The molecule has 0 N–H and O–H groups in total. The molecule has 2 aliphatic heterocycles. The minimum absolute atomic E-state index is 0.0210. The molecule has 6 rings (SSSR count). The molecular formula is C27H26N4S. The van der Waals surface area contributed by atoms with Crippen LogP contribution in [0.5, 0.6) is 0 Å². The van der Waals surface area contributed by atoms with Crippen LogP contribution in [0, 0.1) is 13.8 Å². The number of hydrogen-bond donors (Lipinski definition) is 0. The van der Waals surface area contributed by atoms with Crippen LogP contribution in [-0.2, 0) is 0 Å². The highest BCUT2D eigenvalue weighted by Crippen LogP contribution is 2.49. The monoisotopic (exact) mass is 438 g/mol. The summed E-state index contributed by atoms with van der Waals surface area (Å²) < 4.78 is 2.41. The summed E-state index contributed by atoms with van der Waals surface area (Å²) in [5, 5.41) is 4.26. The van der Waals surface area contributed by atoms with Gasteiger partial charge in [-0.1, -0.05) is 61.2 Å². The minimum atomic E-state index is 0.0210. The Bertz CT molecular complexity index is 1340. The number of amidine groups is 1. The molecule has 4 nitrogen and oxygen atoms in total. The Morgan fingerprint density at radius 1 is 0.969 bits per heavy atom. The molecule has 0 bridgehead atoms. The molecule has 0 amide bonds. The van der Waals surface area contributed by atoms with E-state index in [1.165, 1.54) is 33.4 Å². The highest BCUT2D eigenvalue weighted by molar-refractivity contribution is 8.14. The van der Waals surface area contributed by atoms with Crippen LogP contribution < -0.4 is 0 Å². The number of rotatable bonds is 3. The number of nitrogens with zero attached hydrogens (tertiary/aromatic N) is 4. The maximum Gasteiger partial charge on any atom is 0.160 e. The van der Waals surface area contributed by atoms with E-state index in [0.717, 1.165) is 17.4 Å². The Morgan fingerprint density at radius 3 is 2.62 bits per heavy atom. The average Bonchev–Trinajstić information content (AvgIpc) is 3.43. The minimum Gasteiger partial charge on any atom is -0.341 e. The Hall–Kier alpha value is -3.05. The van der Waals surface area contributed by atoms with Crippen LogP contribution in [0.3, 0.4) is 0 Å². The average molecular weight is 439 g/mol. The zero-order chi connectivity index (χ0) is 21.8. The molecule has 1 fully saturated rings. The second-order valence-electron chi connectivity index (χ2n) is 8.80. The predicted molar refractivity (Wildman–Crippen MR) is 134 cm³/mol. The van der Waals surface area contributed by atoms with Gasteiger partial charge in [0.05, 0.1) is 17.4 Å². The van der Waals surface area contributed by atoms with Gasteiger partial charge in [0.25, 0.3) is 0 Å². The fraction of sp³-hybridized carbons (Fsp3) is 0.259. The van der Waals surface area contributed by atoms with E-state index in [1.54, 1.807) is 0 Å². The first-order valence-electron chi connectivity index (χ1n) is 11.2. The van der Waals surface area contributed by atoms with Gasteiger partial charge in [0, 0.05) is 34.8 Å². The Labute approximate surface area is 193 Å². The molecule has 160 valence electrons. The van der Waals surface area contributed by atoms with Gasteiger partial charge in [0.1, 0.15) is 6.04 Å². The molecule has 0 saturated carbocycles. The molecule has 0 radical (unpaired) electrons. The number of fused-ring (bicyclic) bond motifs is 2. The van der Waals surface area contributed by atoms with Crippen molar-refractivity contribution >= 4 is 27.7 Å². The van der Waals surface area contributed by atoms with E-state index in [4.69, 9.17) is 9.98 Å². The van der Waals surface area contributed by atoms with Gasteiger partial charge in [-0.3, -0.25) is 9.98 Å². The standard InChI is InChI=1S/C27H26N4S/c1-17-15-22(19(3)31(17)24-13-8-10-20-9-4-5-11-21(20)24)26-25(23-12-6-7-14-28-23)29-27-30(26)16-18(2)32-27/h4-15,18,25-26H,16H2,1-3H3/t18-,25-,26+/m0/s1. The molecular weight excluding hydrogens is 412 g/mol. The molecule has 2 aromatic heterocycles. The van der Waals surface area contributed by atoms with Crippen LogP contribution in [0.25, 0.3) is 16.5 Å². The summed E-state index contributed by atoms with van der Waals surface area (Å²) in [6.07, 6.45) is 1.88. The molecule has 2 aliphatic rings. The van der Waals surface area contributed by atoms with Crippen molar-refractivity contribution in [2.24, 2.45) is 4.99 Å². The van der Waals surface area contributed by atoms with Crippen LogP contribution in [-0.4, -0.2) is 31.4 Å². The quantitative estimate of drug-likeness (QED) is 0.380. The van der Waals surface area contributed by atoms with Crippen molar-refractivity contribution in [3.05, 3.63) is 95.6 Å². The molecule has 4 aromatic rings. The highest BCUT2D eigenvalue weighted by Gasteiger charge is 2.44. The maximum absolute atomic E-state index is 5.17. The third kappa shape index (κ3) is 2.99. The number of hydrogen-bond acceptors (Lipinski definition) is 4. The van der Waals surface area contributed by atoms with Crippen LogP contribution >= 0.6 is 11.8 Å². The van der Waals surface area contributed by atoms with Crippen LogP contribution in [0.2, 0.25) is 0 Å². The van der Waals surface area contributed by atoms with Gasteiger partial charge in [0.15, 0.2) is 5.17 Å². The van der Waals surface area contributed by atoms with Gasteiger partial charge in [-0.05, 0) is 49.1 Å². The summed E-state index contributed by atoms with van der Waals surface area (Å²) in [5.74, 6) is 0. The van der Waals surface area contributed by atoms with Gasteiger partial charge < -0.3 is 9.47 Å². The number of aromatic nitrogens is 2. The lowest BCUT2D eigenvalue weighted by Gasteiger charge is -2.27. The summed E-state index contributed by atoms with van der Waals surface area (Å²) in [6.45, 7) is 7.78. The third-order valence-electron chi connectivity index (χ3n) is 6.68. The van der Waals surface area contributed by atoms with Crippen molar-refractivity contribution in [1.82, 2.24) is 14.5 Å². The lowest BCUT2D eigenvalue weighted by molar-refractivity contribution is 0.320. The van der Waals surface area contributed by atoms with Gasteiger partial charge in [-0.25, -0.2) is 0 Å². The van der Waals surface area contributed by atoms with E-state index in [9.17, 15) is 0 Å². The van der Waals surface area contributed by atoms with Gasteiger partial charge in [0.2, 0.25) is 0 Å². The summed E-state index contributed by atoms with van der Waals surface area (Å²) in [5.41, 5.74) is 6.16. The van der Waals surface area contributed by atoms with Crippen molar-refractivity contribution in [3.63, 3.8) is 0 Å².